The maximum Gasteiger partial charge on any atom is 0.416 e. The highest BCUT2D eigenvalue weighted by Gasteiger charge is 2.47. The molecule has 1 aromatic carbocycles. The van der Waals surface area contributed by atoms with Gasteiger partial charge in [-0.15, -0.1) is 6.42 Å². The van der Waals surface area contributed by atoms with Gasteiger partial charge in [-0.2, -0.15) is 13.2 Å². The summed E-state index contributed by atoms with van der Waals surface area (Å²) in [7, 11) is 0. The normalized spacial score (nSPS) is 30.3. The number of fused-ring (bicyclic) bond motifs is 2. The summed E-state index contributed by atoms with van der Waals surface area (Å²) in [5.74, 6) is 1.81. The van der Waals surface area contributed by atoms with E-state index in [9.17, 15) is 13.2 Å². The molecule has 0 spiro atoms. The van der Waals surface area contributed by atoms with Crippen LogP contribution in [0.15, 0.2) is 36.4 Å². The van der Waals surface area contributed by atoms with Crippen molar-refractivity contribution in [3.63, 3.8) is 0 Å². The van der Waals surface area contributed by atoms with E-state index in [0.717, 1.165) is 17.7 Å². The molecule has 116 valence electrons. The van der Waals surface area contributed by atoms with E-state index >= 15 is 0 Å². The summed E-state index contributed by atoms with van der Waals surface area (Å²) in [6.45, 7) is 0. The molecular weight excluding hydrogens is 293 g/mol. The first-order valence-electron chi connectivity index (χ1n) is 7.06. The monoisotopic (exact) mass is 308 g/mol. The first kappa shape index (κ1) is 15.1. The standard InChI is InChI=1S/C17H15F3O2/c1-2-14-15-4-3-10-16(21-14,22-15)11-9-12-5-7-13(8-6-12)17(18,19)20/h1,3-8,14-15H,9-11H2/t14-,15+,16-/m1/s1. The van der Waals surface area contributed by atoms with Crippen LogP contribution >= 0.6 is 0 Å². The molecule has 22 heavy (non-hydrogen) atoms. The molecule has 2 aliphatic heterocycles. The topological polar surface area (TPSA) is 18.5 Å². The van der Waals surface area contributed by atoms with Gasteiger partial charge in [-0.3, -0.25) is 0 Å². The number of hydrogen-bond acceptors (Lipinski definition) is 2. The maximum absolute atomic E-state index is 12.5. The lowest BCUT2D eigenvalue weighted by molar-refractivity contribution is -0.173. The molecule has 0 N–H and O–H groups in total. The smallest absolute Gasteiger partial charge is 0.338 e. The van der Waals surface area contributed by atoms with Crippen LogP contribution in [0, 0.1) is 12.3 Å². The fraction of sp³-hybridized carbons (Fsp3) is 0.412. The van der Waals surface area contributed by atoms with Crippen molar-refractivity contribution in [2.75, 3.05) is 0 Å². The molecule has 2 heterocycles. The number of terminal acetylenes is 1. The van der Waals surface area contributed by atoms with Crippen LogP contribution in [0.5, 0.6) is 0 Å². The van der Waals surface area contributed by atoms with E-state index in [1.54, 1.807) is 0 Å². The molecule has 2 nitrogen and oxygen atoms in total. The summed E-state index contributed by atoms with van der Waals surface area (Å²) in [6.07, 6.45) is 6.08. The summed E-state index contributed by atoms with van der Waals surface area (Å²) in [5, 5.41) is 0. The molecule has 1 saturated heterocycles. The van der Waals surface area contributed by atoms with Gasteiger partial charge in [-0.05, 0) is 24.1 Å². The Balaban J connectivity index is 1.66. The Bertz CT molecular complexity index is 612. The molecule has 1 aromatic rings. The highest BCUT2D eigenvalue weighted by molar-refractivity contribution is 5.25. The lowest BCUT2D eigenvalue weighted by Gasteiger charge is -2.28. The quantitative estimate of drug-likeness (QED) is 0.626. The molecule has 2 bridgehead atoms. The van der Waals surface area contributed by atoms with Crippen LogP contribution in [0.25, 0.3) is 0 Å². The lowest BCUT2D eigenvalue weighted by Crippen LogP contribution is -2.32. The summed E-state index contributed by atoms with van der Waals surface area (Å²) < 4.78 is 49.3. The van der Waals surface area contributed by atoms with Crippen LogP contribution in [0.1, 0.15) is 24.0 Å². The Morgan fingerprint density at radius 3 is 2.59 bits per heavy atom. The molecule has 0 aromatic heterocycles. The molecule has 0 aliphatic carbocycles. The summed E-state index contributed by atoms with van der Waals surface area (Å²) in [4.78, 5) is 0. The summed E-state index contributed by atoms with van der Waals surface area (Å²) >= 11 is 0. The molecular formula is C17H15F3O2. The second-order valence-corrected chi connectivity index (χ2v) is 5.53. The minimum Gasteiger partial charge on any atom is -0.338 e. The van der Waals surface area contributed by atoms with E-state index in [1.165, 1.54) is 12.1 Å². The highest BCUT2D eigenvalue weighted by Crippen LogP contribution is 2.39. The molecule has 0 saturated carbocycles. The SMILES string of the molecule is C#C[C@H]1O[C@]2(CCc3ccc(C(F)(F)F)cc3)CC=C[C@@H]1O2. The van der Waals surface area contributed by atoms with Crippen molar-refractivity contribution in [1.82, 2.24) is 0 Å². The lowest BCUT2D eigenvalue weighted by atomic mass is 9.99. The predicted octanol–water partition coefficient (Wildman–Crippen LogP) is 3.71. The van der Waals surface area contributed by atoms with Crippen LogP contribution in [-0.4, -0.2) is 18.0 Å². The second-order valence-electron chi connectivity index (χ2n) is 5.53. The largest absolute Gasteiger partial charge is 0.416 e. The van der Waals surface area contributed by atoms with E-state index < -0.39 is 23.6 Å². The third-order valence-electron chi connectivity index (χ3n) is 3.99. The van der Waals surface area contributed by atoms with Gasteiger partial charge < -0.3 is 9.47 Å². The number of hydrogen-bond donors (Lipinski definition) is 0. The van der Waals surface area contributed by atoms with Crippen LogP contribution < -0.4 is 0 Å². The van der Waals surface area contributed by atoms with Crippen LogP contribution in [0.4, 0.5) is 13.2 Å². The van der Waals surface area contributed by atoms with Crippen LogP contribution in [0.3, 0.4) is 0 Å². The minimum absolute atomic E-state index is 0.230. The molecule has 5 heteroatoms. The van der Waals surface area contributed by atoms with Gasteiger partial charge in [0.05, 0.1) is 5.56 Å². The van der Waals surface area contributed by atoms with E-state index in [-0.39, 0.29) is 6.10 Å². The summed E-state index contributed by atoms with van der Waals surface area (Å²) in [5.41, 5.74) is 0.167. The zero-order valence-electron chi connectivity index (χ0n) is 11.8. The van der Waals surface area contributed by atoms with Crippen molar-refractivity contribution in [3.8, 4) is 12.3 Å². The van der Waals surface area contributed by atoms with Gasteiger partial charge in [-0.25, -0.2) is 0 Å². The molecule has 3 atom stereocenters. The first-order valence-corrected chi connectivity index (χ1v) is 7.06. The van der Waals surface area contributed by atoms with E-state index in [0.29, 0.717) is 19.3 Å². The number of ether oxygens (including phenoxy) is 2. The third-order valence-corrected chi connectivity index (χ3v) is 3.99. The summed E-state index contributed by atoms with van der Waals surface area (Å²) in [6, 6.07) is 5.17. The van der Waals surface area contributed by atoms with Gasteiger partial charge in [0, 0.05) is 12.8 Å². The number of halogens is 3. The van der Waals surface area contributed by atoms with Gasteiger partial charge >= 0.3 is 6.18 Å². The zero-order valence-corrected chi connectivity index (χ0v) is 11.8. The van der Waals surface area contributed by atoms with Crippen molar-refractivity contribution in [3.05, 3.63) is 47.5 Å². The van der Waals surface area contributed by atoms with E-state index in [1.807, 2.05) is 12.2 Å². The Kier molecular flexibility index (Phi) is 3.75. The van der Waals surface area contributed by atoms with Crippen molar-refractivity contribution < 1.29 is 22.6 Å². The minimum atomic E-state index is -4.31. The van der Waals surface area contributed by atoms with Crippen LogP contribution in [0.2, 0.25) is 0 Å². The molecule has 0 amide bonds. The fourth-order valence-corrected chi connectivity index (χ4v) is 2.80. The van der Waals surface area contributed by atoms with Crippen molar-refractivity contribution in [2.24, 2.45) is 0 Å². The predicted molar refractivity (Wildman–Crippen MR) is 74.8 cm³/mol. The van der Waals surface area contributed by atoms with Gasteiger partial charge in [0.2, 0.25) is 0 Å². The molecule has 0 unspecified atom stereocenters. The zero-order chi connectivity index (χ0) is 15.8. The molecule has 2 aliphatic rings. The third kappa shape index (κ3) is 2.90. The Morgan fingerprint density at radius 1 is 1.23 bits per heavy atom. The van der Waals surface area contributed by atoms with E-state index in [4.69, 9.17) is 15.9 Å². The highest BCUT2D eigenvalue weighted by atomic mass is 19.4. The Hall–Kier alpha value is -1.77. The van der Waals surface area contributed by atoms with Crippen LogP contribution in [-0.2, 0) is 22.1 Å². The van der Waals surface area contributed by atoms with Crippen molar-refractivity contribution in [1.29, 1.82) is 0 Å². The number of benzene rings is 1. The first-order chi connectivity index (χ1) is 10.4. The average molecular weight is 308 g/mol. The van der Waals surface area contributed by atoms with Crippen molar-refractivity contribution in [2.45, 2.75) is 43.4 Å². The fourth-order valence-electron chi connectivity index (χ4n) is 2.80. The number of aryl methyl sites for hydroxylation is 1. The van der Waals surface area contributed by atoms with Gasteiger partial charge in [-0.1, -0.05) is 30.2 Å². The van der Waals surface area contributed by atoms with Gasteiger partial charge in [0.1, 0.15) is 6.10 Å². The average Bonchev–Trinajstić information content (AvgIpc) is 2.75. The van der Waals surface area contributed by atoms with Gasteiger partial charge in [0.25, 0.3) is 0 Å². The Labute approximate surface area is 126 Å². The van der Waals surface area contributed by atoms with Gasteiger partial charge in [0.15, 0.2) is 11.9 Å². The molecule has 3 rings (SSSR count). The Morgan fingerprint density at radius 2 is 1.95 bits per heavy atom. The second kappa shape index (κ2) is 5.45. The molecule has 1 fully saturated rings. The number of rotatable bonds is 3. The van der Waals surface area contributed by atoms with E-state index in [2.05, 4.69) is 5.92 Å². The maximum atomic E-state index is 12.5. The molecule has 0 radical (unpaired) electrons. The number of alkyl halides is 3. The van der Waals surface area contributed by atoms with Crippen molar-refractivity contribution >= 4 is 0 Å².